The molecular formula is C27H25N3O2. The number of hydrogen-bond acceptors (Lipinski definition) is 5. The summed E-state index contributed by atoms with van der Waals surface area (Å²) in [5.41, 5.74) is 4.53. The highest BCUT2D eigenvalue weighted by molar-refractivity contribution is 5.95. The quantitative estimate of drug-likeness (QED) is 0.435. The zero-order chi connectivity index (χ0) is 22.3. The summed E-state index contributed by atoms with van der Waals surface area (Å²) in [6, 6.07) is 17.2. The van der Waals surface area contributed by atoms with E-state index >= 15 is 0 Å². The lowest BCUT2D eigenvalue weighted by molar-refractivity contribution is 0.0953. The number of hydrogen-bond donors (Lipinski definition) is 0. The first-order valence-corrected chi connectivity index (χ1v) is 10.9. The summed E-state index contributed by atoms with van der Waals surface area (Å²) in [5.74, 6) is 1.85. The Labute approximate surface area is 188 Å². The Morgan fingerprint density at radius 3 is 2.66 bits per heavy atom. The highest BCUT2D eigenvalue weighted by Gasteiger charge is 2.20. The van der Waals surface area contributed by atoms with E-state index in [-0.39, 0.29) is 5.78 Å². The van der Waals surface area contributed by atoms with Crippen LogP contribution in [0.5, 0.6) is 11.6 Å². The van der Waals surface area contributed by atoms with E-state index in [0.29, 0.717) is 29.5 Å². The van der Waals surface area contributed by atoms with Gasteiger partial charge in [-0.3, -0.25) is 4.79 Å². The smallest absolute Gasteiger partial charge is 0.219 e. The fraction of sp³-hybridized carbons (Fsp3) is 0.259. The number of rotatable bonds is 6. The number of ketones is 1. The lowest BCUT2D eigenvalue weighted by Crippen LogP contribution is -2.13. The lowest BCUT2D eigenvalue weighted by Gasteiger charge is -2.23. The Kier molecular flexibility index (Phi) is 6.72. The molecule has 5 nitrogen and oxygen atoms in total. The number of carbonyl (C=O) groups is 1. The molecule has 160 valence electrons. The number of aromatic nitrogens is 2. The van der Waals surface area contributed by atoms with Crippen molar-refractivity contribution in [3.05, 3.63) is 88.9 Å². The second-order valence-corrected chi connectivity index (χ2v) is 8.27. The number of ether oxygens (including phenoxy) is 1. The van der Waals surface area contributed by atoms with Crippen molar-refractivity contribution in [2.45, 2.75) is 39.0 Å². The number of nitriles is 1. The van der Waals surface area contributed by atoms with Gasteiger partial charge in [0.2, 0.25) is 5.88 Å². The van der Waals surface area contributed by atoms with Gasteiger partial charge in [-0.05, 0) is 73.9 Å². The monoisotopic (exact) mass is 423 g/mol. The van der Waals surface area contributed by atoms with Crippen LogP contribution in [0, 0.1) is 24.2 Å². The standard InChI is InChI=1S/C27H25N3O2/c1-19-5-12-27(30-17-19)32-25-4-2-3-22(14-25)13-20-6-8-21(9-7-20)15-26(31)23-10-11-24(16-28)29-18-23/h2-5,10-14,17-18,21H,6-9,15H2,1H3. The molecule has 1 aliphatic carbocycles. The van der Waals surface area contributed by atoms with E-state index in [1.807, 2.05) is 43.3 Å². The molecule has 0 amide bonds. The molecule has 0 aliphatic heterocycles. The Bertz CT molecular complexity index is 1150. The minimum atomic E-state index is 0.106. The molecular weight excluding hydrogens is 398 g/mol. The van der Waals surface area contributed by atoms with Gasteiger partial charge >= 0.3 is 0 Å². The number of benzene rings is 1. The minimum absolute atomic E-state index is 0.106. The van der Waals surface area contributed by atoms with Crippen LogP contribution in [0.2, 0.25) is 0 Å². The van der Waals surface area contributed by atoms with E-state index in [9.17, 15) is 4.79 Å². The molecule has 5 heteroatoms. The SMILES string of the molecule is Cc1ccc(Oc2cccc(C=C3CCC(CC(=O)c4ccc(C#N)nc4)CC3)c2)nc1. The topological polar surface area (TPSA) is 75.9 Å². The van der Waals surface area contributed by atoms with Gasteiger partial charge in [0.1, 0.15) is 17.5 Å². The molecule has 1 aliphatic rings. The van der Waals surface area contributed by atoms with Gasteiger partial charge < -0.3 is 4.74 Å². The van der Waals surface area contributed by atoms with E-state index in [0.717, 1.165) is 42.6 Å². The first-order chi connectivity index (χ1) is 15.6. The molecule has 0 spiro atoms. The maximum absolute atomic E-state index is 12.5. The van der Waals surface area contributed by atoms with E-state index in [1.165, 1.54) is 11.8 Å². The third kappa shape index (κ3) is 5.67. The van der Waals surface area contributed by atoms with Crippen LogP contribution in [0.25, 0.3) is 6.08 Å². The number of allylic oxidation sites excluding steroid dienone is 1. The summed E-state index contributed by atoms with van der Waals surface area (Å²) >= 11 is 0. The van der Waals surface area contributed by atoms with Gasteiger partial charge in [0.05, 0.1) is 0 Å². The summed E-state index contributed by atoms with van der Waals surface area (Å²) < 4.78 is 5.88. The third-order valence-corrected chi connectivity index (χ3v) is 5.76. The van der Waals surface area contributed by atoms with E-state index in [1.54, 1.807) is 18.3 Å². The second-order valence-electron chi connectivity index (χ2n) is 8.27. The van der Waals surface area contributed by atoms with Gasteiger partial charge in [0.25, 0.3) is 0 Å². The van der Waals surface area contributed by atoms with Crippen LogP contribution in [0.4, 0.5) is 0 Å². The van der Waals surface area contributed by atoms with Gasteiger partial charge in [0, 0.05) is 30.4 Å². The highest BCUT2D eigenvalue weighted by atomic mass is 16.5. The first kappa shape index (κ1) is 21.5. The number of carbonyl (C=O) groups excluding carboxylic acids is 1. The van der Waals surface area contributed by atoms with Crippen molar-refractivity contribution < 1.29 is 9.53 Å². The first-order valence-electron chi connectivity index (χ1n) is 10.9. The molecule has 0 radical (unpaired) electrons. The normalized spacial score (nSPS) is 15.6. The number of aryl methyl sites for hydroxylation is 1. The molecule has 32 heavy (non-hydrogen) atoms. The fourth-order valence-corrected chi connectivity index (χ4v) is 3.94. The molecule has 0 saturated heterocycles. The predicted molar refractivity (Wildman–Crippen MR) is 123 cm³/mol. The molecule has 1 saturated carbocycles. The zero-order valence-electron chi connectivity index (χ0n) is 18.1. The van der Waals surface area contributed by atoms with E-state index in [2.05, 4.69) is 22.1 Å². The van der Waals surface area contributed by atoms with E-state index < -0.39 is 0 Å². The Morgan fingerprint density at radius 1 is 1.12 bits per heavy atom. The van der Waals surface area contributed by atoms with Crippen molar-refractivity contribution in [1.82, 2.24) is 9.97 Å². The van der Waals surface area contributed by atoms with Gasteiger partial charge in [-0.1, -0.05) is 29.8 Å². The Hall–Kier alpha value is -3.78. The lowest BCUT2D eigenvalue weighted by atomic mass is 9.82. The number of Topliss-reactive ketones (excluding diaryl/α,β-unsaturated/α-hetero) is 1. The zero-order valence-corrected chi connectivity index (χ0v) is 18.1. The molecule has 0 bridgehead atoms. The van der Waals surface area contributed by atoms with Crippen LogP contribution in [-0.2, 0) is 0 Å². The molecule has 4 rings (SSSR count). The van der Waals surface area contributed by atoms with Crippen LogP contribution in [-0.4, -0.2) is 15.8 Å². The minimum Gasteiger partial charge on any atom is -0.439 e. The Balaban J connectivity index is 1.32. The summed E-state index contributed by atoms with van der Waals surface area (Å²) in [7, 11) is 0. The molecule has 2 heterocycles. The molecule has 2 aromatic heterocycles. The molecule has 1 fully saturated rings. The van der Waals surface area contributed by atoms with Crippen molar-refractivity contribution in [2.24, 2.45) is 5.92 Å². The molecule has 0 atom stereocenters. The maximum atomic E-state index is 12.5. The average molecular weight is 424 g/mol. The van der Waals surface area contributed by atoms with Crippen LogP contribution in [0.1, 0.15) is 59.3 Å². The summed E-state index contributed by atoms with van der Waals surface area (Å²) in [6.45, 7) is 2.00. The Morgan fingerprint density at radius 2 is 1.97 bits per heavy atom. The third-order valence-electron chi connectivity index (χ3n) is 5.76. The van der Waals surface area contributed by atoms with Gasteiger partial charge in [-0.25, -0.2) is 9.97 Å². The van der Waals surface area contributed by atoms with Crippen LogP contribution in [0.15, 0.2) is 66.5 Å². The van der Waals surface area contributed by atoms with Crippen LogP contribution < -0.4 is 4.74 Å². The van der Waals surface area contributed by atoms with Crippen molar-refractivity contribution >= 4 is 11.9 Å². The molecule has 3 aromatic rings. The van der Waals surface area contributed by atoms with Crippen molar-refractivity contribution in [2.75, 3.05) is 0 Å². The van der Waals surface area contributed by atoms with Crippen molar-refractivity contribution in [3.63, 3.8) is 0 Å². The fourth-order valence-electron chi connectivity index (χ4n) is 3.94. The number of nitrogens with zero attached hydrogens (tertiary/aromatic N) is 3. The largest absolute Gasteiger partial charge is 0.439 e. The second kappa shape index (κ2) is 10.0. The highest BCUT2D eigenvalue weighted by Crippen LogP contribution is 2.33. The summed E-state index contributed by atoms with van der Waals surface area (Å²) in [6.07, 6.45) is 10.1. The molecule has 1 aromatic carbocycles. The predicted octanol–water partition coefficient (Wildman–Crippen LogP) is 6.30. The molecule has 0 unspecified atom stereocenters. The van der Waals surface area contributed by atoms with Crippen molar-refractivity contribution in [1.29, 1.82) is 5.26 Å². The maximum Gasteiger partial charge on any atom is 0.219 e. The van der Waals surface area contributed by atoms with Gasteiger partial charge in [-0.2, -0.15) is 5.26 Å². The van der Waals surface area contributed by atoms with Crippen LogP contribution in [0.3, 0.4) is 0 Å². The molecule has 0 N–H and O–H groups in total. The van der Waals surface area contributed by atoms with Gasteiger partial charge in [-0.15, -0.1) is 0 Å². The van der Waals surface area contributed by atoms with Crippen molar-refractivity contribution in [3.8, 4) is 17.7 Å². The number of pyridine rings is 2. The van der Waals surface area contributed by atoms with Gasteiger partial charge in [0.15, 0.2) is 5.78 Å². The summed E-state index contributed by atoms with van der Waals surface area (Å²) in [5, 5.41) is 8.84. The average Bonchev–Trinajstić information content (AvgIpc) is 2.82. The summed E-state index contributed by atoms with van der Waals surface area (Å²) in [4.78, 5) is 20.8. The van der Waals surface area contributed by atoms with Crippen LogP contribution >= 0.6 is 0 Å². The van der Waals surface area contributed by atoms with E-state index in [4.69, 9.17) is 10.00 Å².